The fraction of sp³-hybridized carbons (Fsp3) is 0.235. The molecule has 0 fully saturated rings. The van der Waals surface area contributed by atoms with E-state index in [1.54, 1.807) is 0 Å². The van der Waals surface area contributed by atoms with Gasteiger partial charge in [-0.1, -0.05) is 31.5 Å². The first-order valence-electron chi connectivity index (χ1n) is 6.95. The van der Waals surface area contributed by atoms with Gasteiger partial charge in [0.2, 0.25) is 0 Å². The van der Waals surface area contributed by atoms with E-state index in [4.69, 9.17) is 11.6 Å². The Morgan fingerprint density at radius 1 is 0.952 bits per heavy atom. The zero-order valence-electron chi connectivity index (χ0n) is 12.3. The summed E-state index contributed by atoms with van der Waals surface area (Å²) in [5.41, 5.74) is 3.89. The molecule has 0 unspecified atom stereocenters. The molecule has 106 valence electrons. The van der Waals surface area contributed by atoms with Gasteiger partial charge < -0.3 is 0 Å². The van der Waals surface area contributed by atoms with Crippen LogP contribution in [0.15, 0.2) is 36.4 Å². The Morgan fingerprint density at radius 3 is 2.52 bits per heavy atom. The minimum atomic E-state index is 0.314. The van der Waals surface area contributed by atoms with Crippen molar-refractivity contribution >= 4 is 22.5 Å². The smallest absolute Gasteiger partial charge is 0.161 e. The second-order valence-electron chi connectivity index (χ2n) is 5.45. The molecule has 0 amide bonds. The van der Waals surface area contributed by atoms with Gasteiger partial charge in [-0.2, -0.15) is 0 Å². The van der Waals surface area contributed by atoms with Gasteiger partial charge in [0, 0.05) is 22.3 Å². The zero-order valence-corrected chi connectivity index (χ0v) is 13.0. The van der Waals surface area contributed by atoms with Crippen LogP contribution in [0.25, 0.3) is 22.3 Å². The van der Waals surface area contributed by atoms with E-state index in [0.29, 0.717) is 16.9 Å². The Morgan fingerprint density at radius 2 is 1.76 bits per heavy atom. The van der Waals surface area contributed by atoms with Crippen molar-refractivity contribution in [2.45, 2.75) is 26.7 Å². The highest BCUT2D eigenvalue weighted by atomic mass is 35.5. The summed E-state index contributed by atoms with van der Waals surface area (Å²) in [7, 11) is 0. The molecule has 0 aliphatic carbocycles. The molecule has 2 heterocycles. The van der Waals surface area contributed by atoms with Gasteiger partial charge in [0.15, 0.2) is 5.82 Å². The van der Waals surface area contributed by atoms with Crippen LogP contribution < -0.4 is 0 Å². The van der Waals surface area contributed by atoms with Crippen molar-refractivity contribution in [3.8, 4) is 11.4 Å². The lowest BCUT2D eigenvalue weighted by molar-refractivity contribution is 0.817. The van der Waals surface area contributed by atoms with Crippen LogP contribution in [0, 0.1) is 6.92 Å². The molecule has 0 bridgehead atoms. The first kappa shape index (κ1) is 14.0. The minimum absolute atomic E-state index is 0.314. The Bertz CT molecular complexity index is 812. The van der Waals surface area contributed by atoms with Crippen molar-refractivity contribution in [2.75, 3.05) is 0 Å². The first-order chi connectivity index (χ1) is 10.0. The van der Waals surface area contributed by atoms with Gasteiger partial charge in [0.05, 0.1) is 5.52 Å². The lowest BCUT2D eigenvalue weighted by atomic mass is 10.1. The number of benzene rings is 1. The zero-order chi connectivity index (χ0) is 15.0. The quantitative estimate of drug-likeness (QED) is 0.639. The average molecular weight is 298 g/mol. The van der Waals surface area contributed by atoms with Crippen LogP contribution in [0.1, 0.15) is 31.2 Å². The summed E-state index contributed by atoms with van der Waals surface area (Å²) in [6, 6.07) is 11.9. The molecule has 0 saturated carbocycles. The van der Waals surface area contributed by atoms with Crippen LogP contribution in [-0.4, -0.2) is 15.0 Å². The van der Waals surface area contributed by atoms with Crippen LogP contribution >= 0.6 is 11.6 Å². The maximum Gasteiger partial charge on any atom is 0.161 e. The van der Waals surface area contributed by atoms with Gasteiger partial charge >= 0.3 is 0 Å². The summed E-state index contributed by atoms with van der Waals surface area (Å²) < 4.78 is 0. The second-order valence-corrected chi connectivity index (χ2v) is 5.84. The minimum Gasteiger partial charge on any atom is -0.253 e. The number of nitrogens with zero attached hydrogens (tertiary/aromatic N) is 3. The number of hydrogen-bond acceptors (Lipinski definition) is 3. The number of hydrogen-bond donors (Lipinski definition) is 0. The predicted octanol–water partition coefficient (Wildman–Crippen LogP) is 4.78. The number of halogens is 1. The highest BCUT2D eigenvalue weighted by molar-refractivity contribution is 6.29. The van der Waals surface area contributed by atoms with E-state index < -0.39 is 0 Å². The van der Waals surface area contributed by atoms with Crippen molar-refractivity contribution < 1.29 is 0 Å². The summed E-state index contributed by atoms with van der Waals surface area (Å²) in [6.07, 6.45) is 0. The van der Waals surface area contributed by atoms with Crippen molar-refractivity contribution in [1.82, 2.24) is 15.0 Å². The fourth-order valence-electron chi connectivity index (χ4n) is 2.23. The van der Waals surface area contributed by atoms with Gasteiger partial charge in [-0.25, -0.2) is 9.97 Å². The van der Waals surface area contributed by atoms with Gasteiger partial charge in [-0.3, -0.25) is 4.98 Å². The fourth-order valence-corrected chi connectivity index (χ4v) is 2.42. The summed E-state index contributed by atoms with van der Waals surface area (Å²) >= 11 is 6.12. The molecule has 0 N–H and O–H groups in total. The Hall–Kier alpha value is -2.00. The summed E-state index contributed by atoms with van der Waals surface area (Å²) in [4.78, 5) is 13.5. The van der Waals surface area contributed by atoms with Crippen molar-refractivity contribution in [2.24, 2.45) is 0 Å². The van der Waals surface area contributed by atoms with Crippen molar-refractivity contribution in [3.63, 3.8) is 0 Å². The Labute approximate surface area is 129 Å². The van der Waals surface area contributed by atoms with Crippen molar-refractivity contribution in [1.29, 1.82) is 0 Å². The average Bonchev–Trinajstić information content (AvgIpc) is 2.46. The van der Waals surface area contributed by atoms with Crippen LogP contribution in [0.4, 0.5) is 0 Å². The summed E-state index contributed by atoms with van der Waals surface area (Å²) in [6.45, 7) is 6.17. The Kier molecular flexibility index (Phi) is 3.60. The molecule has 0 saturated heterocycles. The van der Waals surface area contributed by atoms with Gasteiger partial charge in [0.25, 0.3) is 0 Å². The molecule has 2 aromatic heterocycles. The number of pyridine rings is 1. The third-order valence-electron chi connectivity index (χ3n) is 3.39. The van der Waals surface area contributed by atoms with E-state index in [2.05, 4.69) is 40.9 Å². The highest BCUT2D eigenvalue weighted by Crippen LogP contribution is 2.24. The third kappa shape index (κ3) is 2.88. The molecule has 1 aromatic carbocycles. The van der Waals surface area contributed by atoms with Crippen LogP contribution in [0.5, 0.6) is 0 Å². The van der Waals surface area contributed by atoms with E-state index in [0.717, 1.165) is 27.9 Å². The third-order valence-corrected chi connectivity index (χ3v) is 3.59. The Balaban J connectivity index is 2.14. The maximum absolute atomic E-state index is 6.12. The van der Waals surface area contributed by atoms with Crippen LogP contribution in [0.3, 0.4) is 0 Å². The molecule has 0 spiro atoms. The van der Waals surface area contributed by atoms with E-state index >= 15 is 0 Å². The molecule has 4 heteroatoms. The number of aromatic nitrogens is 3. The molecular weight excluding hydrogens is 282 g/mol. The topological polar surface area (TPSA) is 38.7 Å². The molecule has 3 nitrogen and oxygen atoms in total. The molecule has 0 radical (unpaired) electrons. The van der Waals surface area contributed by atoms with Crippen LogP contribution in [-0.2, 0) is 0 Å². The maximum atomic E-state index is 6.12. The lowest BCUT2D eigenvalue weighted by Crippen LogP contribution is -1.98. The summed E-state index contributed by atoms with van der Waals surface area (Å²) in [5, 5.41) is 1.55. The van der Waals surface area contributed by atoms with Gasteiger partial charge in [-0.05, 0) is 43.2 Å². The molecule has 3 rings (SSSR count). The molecule has 21 heavy (non-hydrogen) atoms. The van der Waals surface area contributed by atoms with E-state index in [1.165, 1.54) is 0 Å². The molecule has 0 aliphatic heterocycles. The number of rotatable bonds is 2. The normalized spacial score (nSPS) is 11.3. The predicted molar refractivity (Wildman–Crippen MR) is 86.6 cm³/mol. The summed E-state index contributed by atoms with van der Waals surface area (Å²) in [5.74, 6) is 0.975. The molecular formula is C17H16ClN3. The largest absolute Gasteiger partial charge is 0.253 e. The van der Waals surface area contributed by atoms with Gasteiger partial charge in [0.1, 0.15) is 5.15 Å². The van der Waals surface area contributed by atoms with E-state index in [9.17, 15) is 0 Å². The molecule has 0 aliphatic rings. The highest BCUT2D eigenvalue weighted by Gasteiger charge is 2.09. The molecule has 0 atom stereocenters. The second kappa shape index (κ2) is 5.41. The van der Waals surface area contributed by atoms with E-state index in [-0.39, 0.29) is 0 Å². The SMILES string of the molecule is Cc1ccc2cc(-c3nc(Cl)cc(C(C)C)n3)ccc2n1. The molecule has 3 aromatic rings. The number of aryl methyl sites for hydroxylation is 1. The van der Waals surface area contributed by atoms with Crippen molar-refractivity contribution in [3.05, 3.63) is 52.9 Å². The monoisotopic (exact) mass is 297 g/mol. The lowest BCUT2D eigenvalue weighted by Gasteiger charge is -2.08. The standard InChI is InChI=1S/C17H16ClN3/c1-10(2)15-9-16(18)21-17(20-15)13-6-7-14-12(8-13)5-4-11(3)19-14/h4-10H,1-3H3. The van der Waals surface area contributed by atoms with E-state index in [1.807, 2.05) is 31.2 Å². The van der Waals surface area contributed by atoms with Gasteiger partial charge in [-0.15, -0.1) is 0 Å². The first-order valence-corrected chi connectivity index (χ1v) is 7.33. The number of fused-ring (bicyclic) bond motifs is 1. The van der Waals surface area contributed by atoms with Crippen LogP contribution in [0.2, 0.25) is 5.15 Å².